The lowest BCUT2D eigenvalue weighted by Gasteiger charge is -2.34. The molecule has 0 aliphatic carbocycles. The Morgan fingerprint density at radius 3 is 2.33 bits per heavy atom. The van der Waals surface area contributed by atoms with Gasteiger partial charge in [-0.25, -0.2) is 0 Å². The molecule has 0 N–H and O–H groups in total. The second-order valence-electron chi connectivity index (χ2n) is 8.58. The number of hydrogen-bond acceptors (Lipinski definition) is 3. The van der Waals surface area contributed by atoms with Gasteiger partial charge in [0.25, 0.3) is 5.91 Å². The molecule has 2 heterocycles. The Balaban J connectivity index is 1.39. The fourth-order valence-corrected chi connectivity index (χ4v) is 5.33. The van der Waals surface area contributed by atoms with E-state index in [1.165, 1.54) is 15.3 Å². The van der Waals surface area contributed by atoms with E-state index in [1.54, 1.807) is 35.6 Å². The van der Waals surface area contributed by atoms with E-state index >= 15 is 0 Å². The smallest absolute Gasteiger partial charge is 0.253 e. The number of amides is 2. The van der Waals surface area contributed by atoms with E-state index in [9.17, 15) is 9.59 Å². The normalized spacial score (nSPS) is 14.3. The maximum Gasteiger partial charge on any atom is 0.253 e. The molecule has 4 nitrogen and oxygen atoms in total. The van der Waals surface area contributed by atoms with Crippen molar-refractivity contribution in [2.45, 2.75) is 32.7 Å². The number of likely N-dealkylation sites (tertiary alicyclic amines) is 1. The number of halogens is 1. The summed E-state index contributed by atoms with van der Waals surface area (Å²) in [6.45, 7) is 4.64. The third kappa shape index (κ3) is 6.24. The third-order valence-electron chi connectivity index (χ3n) is 6.19. The first-order valence-corrected chi connectivity index (χ1v) is 12.6. The van der Waals surface area contributed by atoms with E-state index in [1.807, 2.05) is 28.0 Å². The van der Waals surface area contributed by atoms with Crippen LogP contribution in [0.25, 0.3) is 0 Å². The molecule has 1 aliphatic heterocycles. The van der Waals surface area contributed by atoms with Crippen LogP contribution in [0.5, 0.6) is 0 Å². The van der Waals surface area contributed by atoms with Crippen LogP contribution in [0.3, 0.4) is 0 Å². The highest BCUT2D eigenvalue weighted by molar-refractivity contribution is 7.11. The van der Waals surface area contributed by atoms with Crippen LogP contribution in [0.4, 0.5) is 0 Å². The standard InChI is InChI=1S/C27H29ClN2O2S/c1-20-7-12-25(33-20)19-30(16-13-21-5-3-2-4-6-21)27(32)23-14-17-29(18-15-23)26(31)22-8-10-24(28)11-9-22/h2-12,23H,13-19H2,1H3. The van der Waals surface area contributed by atoms with Crippen LogP contribution in [-0.2, 0) is 17.8 Å². The number of nitrogens with zero attached hydrogens (tertiary/aromatic N) is 2. The zero-order valence-electron chi connectivity index (χ0n) is 18.9. The molecule has 172 valence electrons. The maximum atomic E-state index is 13.5. The molecule has 6 heteroatoms. The van der Waals surface area contributed by atoms with Crippen LogP contribution < -0.4 is 0 Å². The lowest BCUT2D eigenvalue weighted by molar-refractivity contribution is -0.137. The molecule has 2 amide bonds. The van der Waals surface area contributed by atoms with Crippen LogP contribution in [0.15, 0.2) is 66.7 Å². The van der Waals surface area contributed by atoms with E-state index in [0.717, 1.165) is 6.42 Å². The van der Waals surface area contributed by atoms with Gasteiger partial charge in [-0.15, -0.1) is 11.3 Å². The van der Waals surface area contributed by atoms with Gasteiger partial charge in [0, 0.05) is 45.9 Å². The molecule has 1 saturated heterocycles. The molecule has 0 radical (unpaired) electrons. The van der Waals surface area contributed by atoms with E-state index in [0.29, 0.717) is 49.6 Å². The molecule has 33 heavy (non-hydrogen) atoms. The summed E-state index contributed by atoms with van der Waals surface area (Å²) in [6.07, 6.45) is 2.23. The third-order valence-corrected chi connectivity index (χ3v) is 7.43. The average Bonchev–Trinajstić information content (AvgIpc) is 3.26. The van der Waals surface area contributed by atoms with Gasteiger partial charge in [0.15, 0.2) is 0 Å². The molecule has 0 spiro atoms. The van der Waals surface area contributed by atoms with Crippen molar-refractivity contribution < 1.29 is 9.59 Å². The van der Waals surface area contributed by atoms with Crippen molar-refractivity contribution in [3.63, 3.8) is 0 Å². The Labute approximate surface area is 204 Å². The molecule has 4 rings (SSSR count). The van der Waals surface area contributed by atoms with Crippen LogP contribution >= 0.6 is 22.9 Å². The fraction of sp³-hybridized carbons (Fsp3) is 0.333. The Morgan fingerprint density at radius 1 is 1.00 bits per heavy atom. The Hall–Kier alpha value is -2.63. The molecule has 1 fully saturated rings. The summed E-state index contributed by atoms with van der Waals surface area (Å²) in [5.74, 6) is 0.166. The molecule has 1 aromatic heterocycles. The van der Waals surface area contributed by atoms with Crippen molar-refractivity contribution in [3.8, 4) is 0 Å². The van der Waals surface area contributed by atoms with Crippen molar-refractivity contribution in [1.82, 2.24) is 9.80 Å². The van der Waals surface area contributed by atoms with Gasteiger partial charge in [-0.2, -0.15) is 0 Å². The number of aryl methyl sites for hydroxylation is 1. The van der Waals surface area contributed by atoms with Crippen LogP contribution in [0.1, 0.15) is 38.5 Å². The number of benzene rings is 2. The van der Waals surface area contributed by atoms with E-state index in [-0.39, 0.29) is 17.7 Å². The summed E-state index contributed by atoms with van der Waals surface area (Å²) in [5, 5.41) is 0.618. The van der Waals surface area contributed by atoms with Crippen molar-refractivity contribution >= 4 is 34.8 Å². The number of rotatable bonds is 7. The Morgan fingerprint density at radius 2 is 1.70 bits per heavy atom. The topological polar surface area (TPSA) is 40.6 Å². The van der Waals surface area contributed by atoms with Gasteiger partial charge in [0.05, 0.1) is 6.54 Å². The Bertz CT molecular complexity index is 1070. The summed E-state index contributed by atoms with van der Waals surface area (Å²) in [5.41, 5.74) is 1.88. The lowest BCUT2D eigenvalue weighted by atomic mass is 9.94. The minimum absolute atomic E-state index is 0.00700. The van der Waals surface area contributed by atoms with Gasteiger partial charge < -0.3 is 9.80 Å². The van der Waals surface area contributed by atoms with E-state index < -0.39 is 0 Å². The van der Waals surface area contributed by atoms with Crippen LogP contribution in [0.2, 0.25) is 5.02 Å². The minimum atomic E-state index is -0.0453. The number of carbonyl (C=O) groups is 2. The zero-order valence-corrected chi connectivity index (χ0v) is 20.4. The van der Waals surface area contributed by atoms with Crippen molar-refractivity contribution in [1.29, 1.82) is 0 Å². The highest BCUT2D eigenvalue weighted by Crippen LogP contribution is 2.24. The molecule has 0 saturated carbocycles. The monoisotopic (exact) mass is 480 g/mol. The number of piperidine rings is 1. The first-order chi connectivity index (χ1) is 16.0. The van der Waals surface area contributed by atoms with Gasteiger partial charge in [0.1, 0.15) is 0 Å². The summed E-state index contributed by atoms with van der Waals surface area (Å²) in [4.78, 5) is 32.7. The fourth-order valence-electron chi connectivity index (χ4n) is 4.30. The number of carbonyl (C=O) groups excluding carboxylic acids is 2. The summed E-state index contributed by atoms with van der Waals surface area (Å²) in [7, 11) is 0. The van der Waals surface area contributed by atoms with Gasteiger partial charge in [-0.05, 0) is 68.1 Å². The summed E-state index contributed by atoms with van der Waals surface area (Å²) in [6, 6.07) is 21.5. The quantitative estimate of drug-likeness (QED) is 0.426. The lowest BCUT2D eigenvalue weighted by Crippen LogP contribution is -2.44. The summed E-state index contributed by atoms with van der Waals surface area (Å²) < 4.78 is 0. The summed E-state index contributed by atoms with van der Waals surface area (Å²) >= 11 is 7.69. The first kappa shape index (κ1) is 23.5. The molecule has 0 atom stereocenters. The Kier molecular flexibility index (Phi) is 7.84. The SMILES string of the molecule is Cc1ccc(CN(CCc2ccccc2)C(=O)C2CCN(C(=O)c3ccc(Cl)cc3)CC2)s1. The predicted molar refractivity (Wildman–Crippen MR) is 135 cm³/mol. The van der Waals surface area contributed by atoms with Crippen molar-refractivity contribution in [3.05, 3.63) is 92.6 Å². The van der Waals surface area contributed by atoms with E-state index in [2.05, 4.69) is 31.2 Å². The molecular weight excluding hydrogens is 452 g/mol. The molecule has 3 aromatic rings. The van der Waals surface area contributed by atoms with Gasteiger partial charge in [0.2, 0.25) is 5.91 Å². The molecule has 2 aromatic carbocycles. The number of hydrogen-bond donors (Lipinski definition) is 0. The van der Waals surface area contributed by atoms with Crippen molar-refractivity contribution in [2.24, 2.45) is 5.92 Å². The minimum Gasteiger partial charge on any atom is -0.339 e. The molecule has 0 unspecified atom stereocenters. The second kappa shape index (κ2) is 11.0. The molecule has 0 bridgehead atoms. The van der Waals surface area contributed by atoms with Crippen molar-refractivity contribution in [2.75, 3.05) is 19.6 Å². The number of thiophene rings is 1. The molecule has 1 aliphatic rings. The van der Waals surface area contributed by atoms with Gasteiger partial charge >= 0.3 is 0 Å². The highest BCUT2D eigenvalue weighted by atomic mass is 35.5. The zero-order chi connectivity index (χ0) is 23.2. The van der Waals surface area contributed by atoms with Gasteiger partial charge in [-0.3, -0.25) is 9.59 Å². The highest BCUT2D eigenvalue weighted by Gasteiger charge is 2.30. The maximum absolute atomic E-state index is 13.5. The van der Waals surface area contributed by atoms with E-state index in [4.69, 9.17) is 11.6 Å². The second-order valence-corrected chi connectivity index (χ2v) is 10.4. The van der Waals surface area contributed by atoms with Crippen LogP contribution in [-0.4, -0.2) is 41.2 Å². The first-order valence-electron chi connectivity index (χ1n) is 11.4. The molecular formula is C27H29ClN2O2S. The van der Waals surface area contributed by atoms with Crippen LogP contribution in [0, 0.1) is 12.8 Å². The average molecular weight is 481 g/mol. The van der Waals surface area contributed by atoms with Gasteiger partial charge in [-0.1, -0.05) is 41.9 Å². The predicted octanol–water partition coefficient (Wildman–Crippen LogP) is 5.83. The largest absolute Gasteiger partial charge is 0.339 e.